The van der Waals surface area contributed by atoms with E-state index in [1.165, 1.54) is 37.8 Å². The van der Waals surface area contributed by atoms with Crippen molar-refractivity contribution in [3.8, 4) is 0 Å². The Bertz CT molecular complexity index is 592. The van der Waals surface area contributed by atoms with Crippen molar-refractivity contribution in [2.24, 2.45) is 5.92 Å². The number of non-ortho nitro benzene ring substituents is 1. The molecule has 0 heterocycles. The van der Waals surface area contributed by atoms with Crippen LogP contribution < -0.4 is 0 Å². The molecule has 1 saturated carbocycles. The average Bonchev–Trinajstić information content (AvgIpc) is 2.88. The molecule has 0 N–H and O–H groups in total. The van der Waals surface area contributed by atoms with Crippen molar-refractivity contribution in [3.63, 3.8) is 0 Å². The minimum atomic E-state index is -0.405. The van der Waals surface area contributed by atoms with E-state index in [1.54, 1.807) is 6.07 Å². The summed E-state index contributed by atoms with van der Waals surface area (Å²) in [4.78, 5) is 22.9. The lowest BCUT2D eigenvalue weighted by molar-refractivity contribution is -0.384. The first-order valence-corrected chi connectivity index (χ1v) is 8.61. The molecule has 4 nitrogen and oxygen atoms in total. The van der Waals surface area contributed by atoms with Gasteiger partial charge in [-0.3, -0.25) is 14.9 Å². The zero-order valence-corrected chi connectivity index (χ0v) is 13.8. The van der Waals surface area contributed by atoms with Gasteiger partial charge in [0, 0.05) is 18.1 Å². The summed E-state index contributed by atoms with van der Waals surface area (Å²) in [6, 6.07) is 6.47. The summed E-state index contributed by atoms with van der Waals surface area (Å²) in [5.41, 5.74) is 1.63. The van der Waals surface area contributed by atoms with E-state index in [1.807, 2.05) is 12.1 Å². The summed E-state index contributed by atoms with van der Waals surface area (Å²) >= 11 is 0. The van der Waals surface area contributed by atoms with E-state index in [-0.39, 0.29) is 17.4 Å². The molecule has 1 unspecified atom stereocenters. The van der Waals surface area contributed by atoms with E-state index < -0.39 is 4.92 Å². The molecule has 0 aliphatic heterocycles. The number of allylic oxidation sites excluding steroid dienone is 1. The number of hydrogen-bond acceptors (Lipinski definition) is 3. The number of unbranched alkanes of at least 4 members (excludes halogenated alkanes) is 4. The summed E-state index contributed by atoms with van der Waals surface area (Å²) < 4.78 is 0. The van der Waals surface area contributed by atoms with Crippen LogP contribution in [-0.4, -0.2) is 10.7 Å². The number of carbonyl (C=O) groups excluding carboxylic acids is 1. The molecule has 4 heteroatoms. The van der Waals surface area contributed by atoms with Crippen LogP contribution >= 0.6 is 0 Å². The van der Waals surface area contributed by atoms with Crippen LogP contribution in [0.25, 0.3) is 6.08 Å². The van der Waals surface area contributed by atoms with Gasteiger partial charge in [0.05, 0.1) is 4.92 Å². The second-order valence-corrected chi connectivity index (χ2v) is 6.32. The van der Waals surface area contributed by atoms with Crippen LogP contribution in [0.5, 0.6) is 0 Å². The highest BCUT2D eigenvalue weighted by atomic mass is 16.6. The molecule has 1 aliphatic rings. The number of benzene rings is 1. The molecule has 0 amide bonds. The van der Waals surface area contributed by atoms with Crippen LogP contribution in [0.15, 0.2) is 29.8 Å². The third-order valence-electron chi connectivity index (χ3n) is 4.53. The molecule has 23 heavy (non-hydrogen) atoms. The predicted molar refractivity (Wildman–Crippen MR) is 92.2 cm³/mol. The van der Waals surface area contributed by atoms with Gasteiger partial charge in [-0.2, -0.15) is 0 Å². The van der Waals surface area contributed by atoms with Gasteiger partial charge in [-0.1, -0.05) is 51.2 Å². The lowest BCUT2D eigenvalue weighted by atomic mass is 9.97. The Morgan fingerprint density at radius 2 is 2.04 bits per heavy atom. The third kappa shape index (κ3) is 5.02. The van der Waals surface area contributed by atoms with Gasteiger partial charge < -0.3 is 0 Å². The lowest BCUT2D eigenvalue weighted by Crippen LogP contribution is -2.07. The molecule has 1 aliphatic carbocycles. The largest absolute Gasteiger partial charge is 0.294 e. The number of nitro groups is 1. The number of rotatable bonds is 8. The zero-order valence-electron chi connectivity index (χ0n) is 13.8. The fourth-order valence-electron chi connectivity index (χ4n) is 3.19. The monoisotopic (exact) mass is 315 g/mol. The van der Waals surface area contributed by atoms with E-state index in [9.17, 15) is 14.9 Å². The van der Waals surface area contributed by atoms with Crippen molar-refractivity contribution in [1.82, 2.24) is 0 Å². The number of nitrogens with zero attached hydrogens (tertiary/aromatic N) is 1. The van der Waals surface area contributed by atoms with Gasteiger partial charge in [0.15, 0.2) is 5.78 Å². The summed E-state index contributed by atoms with van der Waals surface area (Å²) in [5, 5.41) is 10.8. The van der Waals surface area contributed by atoms with Crippen LogP contribution in [0.1, 0.15) is 63.9 Å². The normalized spacial score (nSPS) is 19.4. The Labute approximate surface area is 137 Å². The van der Waals surface area contributed by atoms with E-state index in [2.05, 4.69) is 6.92 Å². The van der Waals surface area contributed by atoms with Crippen LogP contribution in [0.4, 0.5) is 5.69 Å². The first-order chi connectivity index (χ1) is 11.1. The molecular weight excluding hydrogens is 290 g/mol. The molecule has 0 saturated heterocycles. The van der Waals surface area contributed by atoms with Crippen molar-refractivity contribution in [3.05, 3.63) is 45.5 Å². The van der Waals surface area contributed by atoms with Gasteiger partial charge >= 0.3 is 0 Å². The van der Waals surface area contributed by atoms with Crippen LogP contribution in [-0.2, 0) is 4.79 Å². The molecule has 1 aromatic rings. The summed E-state index contributed by atoms with van der Waals surface area (Å²) in [6.45, 7) is 2.20. The predicted octanol–water partition coefficient (Wildman–Crippen LogP) is 5.32. The van der Waals surface area contributed by atoms with Gasteiger partial charge in [0.2, 0.25) is 0 Å². The highest BCUT2D eigenvalue weighted by Crippen LogP contribution is 2.32. The average molecular weight is 315 g/mol. The fraction of sp³-hybridized carbons (Fsp3) is 0.526. The van der Waals surface area contributed by atoms with E-state index >= 15 is 0 Å². The Kier molecular flexibility index (Phi) is 6.51. The molecule has 1 atom stereocenters. The van der Waals surface area contributed by atoms with Crippen molar-refractivity contribution in [2.75, 3.05) is 0 Å². The summed E-state index contributed by atoms with van der Waals surface area (Å²) in [6.07, 6.45) is 10.6. The smallest absolute Gasteiger partial charge is 0.270 e. The lowest BCUT2D eigenvalue weighted by Gasteiger charge is -2.07. The van der Waals surface area contributed by atoms with Crippen LogP contribution in [0.3, 0.4) is 0 Å². The highest BCUT2D eigenvalue weighted by Gasteiger charge is 2.28. The fourth-order valence-corrected chi connectivity index (χ4v) is 3.19. The van der Waals surface area contributed by atoms with Crippen LogP contribution in [0.2, 0.25) is 0 Å². The first kappa shape index (κ1) is 17.4. The van der Waals surface area contributed by atoms with E-state index in [0.29, 0.717) is 0 Å². The van der Waals surface area contributed by atoms with Gasteiger partial charge in [-0.05, 0) is 36.5 Å². The zero-order chi connectivity index (χ0) is 16.7. The van der Waals surface area contributed by atoms with Crippen molar-refractivity contribution < 1.29 is 9.72 Å². The van der Waals surface area contributed by atoms with Crippen molar-refractivity contribution in [2.45, 2.75) is 58.3 Å². The topological polar surface area (TPSA) is 60.2 Å². The van der Waals surface area contributed by atoms with Crippen LogP contribution in [0, 0.1) is 16.0 Å². The van der Waals surface area contributed by atoms with E-state index in [4.69, 9.17) is 0 Å². The van der Waals surface area contributed by atoms with Crippen molar-refractivity contribution in [1.29, 1.82) is 0 Å². The van der Waals surface area contributed by atoms with Crippen molar-refractivity contribution >= 4 is 17.5 Å². The number of carbonyl (C=O) groups is 1. The van der Waals surface area contributed by atoms with E-state index in [0.717, 1.165) is 36.8 Å². The molecule has 1 fully saturated rings. The minimum Gasteiger partial charge on any atom is -0.294 e. The molecule has 2 rings (SSSR count). The molecule has 124 valence electrons. The highest BCUT2D eigenvalue weighted by molar-refractivity contribution is 6.03. The molecule has 0 spiro atoms. The van der Waals surface area contributed by atoms with Gasteiger partial charge in [0.1, 0.15) is 0 Å². The van der Waals surface area contributed by atoms with Gasteiger partial charge in [0.25, 0.3) is 5.69 Å². The Hall–Kier alpha value is -1.97. The quantitative estimate of drug-likeness (QED) is 0.282. The maximum atomic E-state index is 12.4. The van der Waals surface area contributed by atoms with Gasteiger partial charge in [-0.15, -0.1) is 0 Å². The maximum Gasteiger partial charge on any atom is 0.270 e. The summed E-state index contributed by atoms with van der Waals surface area (Å²) in [5.74, 6) is 0.397. The number of hydrogen-bond donors (Lipinski definition) is 0. The Morgan fingerprint density at radius 1 is 1.26 bits per heavy atom. The number of nitro benzene ring substituents is 1. The number of ketones is 1. The molecule has 0 radical (unpaired) electrons. The second kappa shape index (κ2) is 8.61. The number of Topliss-reactive ketones (excluding diaryl/α,β-unsaturated/α-hetero) is 1. The molecule has 0 bridgehead atoms. The molecule has 1 aromatic carbocycles. The molecular formula is C19H25NO3. The third-order valence-corrected chi connectivity index (χ3v) is 4.53. The Balaban J connectivity index is 1.93. The summed E-state index contributed by atoms with van der Waals surface area (Å²) in [7, 11) is 0. The minimum absolute atomic E-state index is 0.0669. The second-order valence-electron chi connectivity index (χ2n) is 6.32. The maximum absolute atomic E-state index is 12.4. The van der Waals surface area contributed by atoms with Gasteiger partial charge in [-0.25, -0.2) is 0 Å². The Morgan fingerprint density at radius 3 is 2.78 bits per heavy atom. The standard InChI is InChI=1S/C19H25NO3/c1-2-3-4-5-6-9-16-11-12-17(19(16)21)13-15-8-7-10-18(14-15)20(22)23/h7-8,10,13-14,16H,2-6,9,11-12H2,1H3. The first-order valence-electron chi connectivity index (χ1n) is 8.61. The SMILES string of the molecule is CCCCCCCC1CCC(=Cc2cccc([N+](=O)[O-])c2)C1=O. The molecule has 0 aromatic heterocycles.